The van der Waals surface area contributed by atoms with E-state index in [-0.39, 0.29) is 11.7 Å². The smallest absolute Gasteiger partial charge is 0.266 e. The maximum absolute atomic E-state index is 13.1. The molecule has 0 N–H and O–H groups in total. The number of rotatable bonds is 4. The van der Waals surface area contributed by atoms with Crippen molar-refractivity contribution < 1.29 is 4.74 Å². The van der Waals surface area contributed by atoms with Gasteiger partial charge in [0.15, 0.2) is 5.16 Å². The minimum atomic E-state index is -0.0788. The van der Waals surface area contributed by atoms with Crippen molar-refractivity contribution in [3.05, 3.63) is 63.9 Å². The quantitative estimate of drug-likeness (QED) is 0.481. The van der Waals surface area contributed by atoms with E-state index in [1.807, 2.05) is 36.4 Å². The first-order valence-electron chi connectivity index (χ1n) is 8.74. The van der Waals surface area contributed by atoms with Gasteiger partial charge in [-0.15, -0.1) is 0 Å². The normalized spacial score (nSPS) is 17.5. The highest BCUT2D eigenvalue weighted by Crippen LogP contribution is 2.26. The maximum Gasteiger partial charge on any atom is 0.266 e. The van der Waals surface area contributed by atoms with Gasteiger partial charge in [-0.25, -0.2) is 4.98 Å². The molecule has 1 aromatic heterocycles. The molecule has 4 rings (SSSR count). The van der Waals surface area contributed by atoms with E-state index in [2.05, 4.69) is 0 Å². The van der Waals surface area contributed by atoms with Gasteiger partial charge in [0.25, 0.3) is 5.56 Å². The van der Waals surface area contributed by atoms with Gasteiger partial charge in [0, 0.05) is 17.4 Å². The van der Waals surface area contributed by atoms with Crippen LogP contribution in [-0.4, -0.2) is 28.0 Å². The monoisotopic (exact) mass is 386 g/mol. The van der Waals surface area contributed by atoms with Gasteiger partial charge >= 0.3 is 0 Å². The summed E-state index contributed by atoms with van der Waals surface area (Å²) in [7, 11) is 0. The van der Waals surface area contributed by atoms with Crippen molar-refractivity contribution in [2.75, 3.05) is 12.4 Å². The number of nitrogens with zero attached hydrogens (tertiary/aromatic N) is 2. The first kappa shape index (κ1) is 17.6. The molecule has 2 aromatic carbocycles. The van der Waals surface area contributed by atoms with Crippen molar-refractivity contribution in [1.82, 2.24) is 9.55 Å². The Morgan fingerprint density at radius 3 is 2.88 bits per heavy atom. The fourth-order valence-corrected chi connectivity index (χ4v) is 4.42. The van der Waals surface area contributed by atoms with Gasteiger partial charge < -0.3 is 4.74 Å². The predicted octanol–water partition coefficient (Wildman–Crippen LogP) is 4.70. The van der Waals surface area contributed by atoms with E-state index in [1.54, 1.807) is 28.5 Å². The largest absolute Gasteiger partial charge is 0.377 e. The second kappa shape index (κ2) is 7.82. The molecule has 0 saturated carbocycles. The lowest BCUT2D eigenvalue weighted by Gasteiger charge is -2.22. The second-order valence-corrected chi connectivity index (χ2v) is 7.76. The second-order valence-electron chi connectivity index (χ2n) is 6.33. The van der Waals surface area contributed by atoms with Crippen molar-refractivity contribution in [3.63, 3.8) is 0 Å². The maximum atomic E-state index is 13.1. The molecule has 1 atom stereocenters. The van der Waals surface area contributed by atoms with E-state index in [9.17, 15) is 4.79 Å². The van der Waals surface area contributed by atoms with Crippen LogP contribution < -0.4 is 5.56 Å². The highest BCUT2D eigenvalue weighted by atomic mass is 35.5. The third-order valence-electron chi connectivity index (χ3n) is 4.48. The summed E-state index contributed by atoms with van der Waals surface area (Å²) in [6.07, 6.45) is 3.59. The van der Waals surface area contributed by atoms with Crippen LogP contribution in [0.3, 0.4) is 0 Å². The Bertz CT molecular complexity index is 983. The Hall–Kier alpha value is -1.82. The van der Waals surface area contributed by atoms with E-state index in [0.29, 0.717) is 21.1 Å². The molecule has 1 aliphatic heterocycles. The van der Waals surface area contributed by atoms with Crippen LogP contribution in [0.15, 0.2) is 58.5 Å². The van der Waals surface area contributed by atoms with Gasteiger partial charge in [-0.05, 0) is 49.6 Å². The molecule has 0 aliphatic carbocycles. The van der Waals surface area contributed by atoms with E-state index >= 15 is 0 Å². The van der Waals surface area contributed by atoms with Crippen LogP contribution in [-0.2, 0) is 4.74 Å². The zero-order valence-electron chi connectivity index (χ0n) is 14.2. The fourth-order valence-electron chi connectivity index (χ4n) is 3.16. The van der Waals surface area contributed by atoms with Crippen LogP contribution in [0.25, 0.3) is 16.6 Å². The van der Waals surface area contributed by atoms with Crippen LogP contribution in [0.5, 0.6) is 0 Å². The summed E-state index contributed by atoms with van der Waals surface area (Å²) in [6, 6.07) is 14.8. The number of thioether (sulfide) groups is 1. The molecule has 0 spiro atoms. The zero-order valence-corrected chi connectivity index (χ0v) is 15.8. The number of hydrogen-bond donors (Lipinski definition) is 0. The summed E-state index contributed by atoms with van der Waals surface area (Å²) in [5, 5.41) is 1.87. The van der Waals surface area contributed by atoms with Gasteiger partial charge in [0.1, 0.15) is 0 Å². The standard InChI is InChI=1S/C20H19ClN2O2S/c21-14-6-5-7-15(12-14)23-19(24)17-9-1-2-10-18(17)22-20(23)26-13-16-8-3-4-11-25-16/h1-2,5-7,9-10,12,16H,3-4,8,11,13H2. The molecule has 2 heterocycles. The van der Waals surface area contributed by atoms with Gasteiger partial charge in [-0.2, -0.15) is 0 Å². The predicted molar refractivity (Wildman–Crippen MR) is 107 cm³/mol. The highest BCUT2D eigenvalue weighted by Gasteiger charge is 2.18. The third kappa shape index (κ3) is 3.65. The average Bonchev–Trinajstić information content (AvgIpc) is 2.67. The first-order chi connectivity index (χ1) is 12.7. The van der Waals surface area contributed by atoms with Gasteiger partial charge in [0.05, 0.1) is 22.7 Å². The van der Waals surface area contributed by atoms with Crippen LogP contribution in [0.1, 0.15) is 19.3 Å². The lowest BCUT2D eigenvalue weighted by atomic mass is 10.1. The summed E-state index contributed by atoms with van der Waals surface area (Å²) in [4.78, 5) is 17.9. The van der Waals surface area contributed by atoms with Crippen LogP contribution >= 0.6 is 23.4 Å². The van der Waals surface area contributed by atoms with Crippen molar-refractivity contribution in [2.24, 2.45) is 0 Å². The molecule has 0 amide bonds. The Morgan fingerprint density at radius 1 is 1.19 bits per heavy atom. The highest BCUT2D eigenvalue weighted by molar-refractivity contribution is 7.99. The van der Waals surface area contributed by atoms with Crippen molar-refractivity contribution in [3.8, 4) is 5.69 Å². The SMILES string of the molecule is O=c1c2ccccc2nc(SCC2CCCCO2)n1-c1cccc(Cl)c1. The number of ether oxygens (including phenoxy) is 1. The zero-order chi connectivity index (χ0) is 17.9. The third-order valence-corrected chi connectivity index (χ3v) is 5.79. The molecule has 6 heteroatoms. The molecular formula is C20H19ClN2O2S. The minimum Gasteiger partial charge on any atom is -0.377 e. The van der Waals surface area contributed by atoms with Crippen molar-refractivity contribution >= 4 is 34.3 Å². The number of para-hydroxylation sites is 1. The molecule has 4 nitrogen and oxygen atoms in total. The average molecular weight is 387 g/mol. The lowest BCUT2D eigenvalue weighted by molar-refractivity contribution is 0.0315. The number of fused-ring (bicyclic) bond motifs is 1. The molecule has 1 aliphatic rings. The topological polar surface area (TPSA) is 44.1 Å². The van der Waals surface area contributed by atoms with Gasteiger partial charge in [-0.3, -0.25) is 9.36 Å². The number of halogens is 1. The minimum absolute atomic E-state index is 0.0788. The summed E-state index contributed by atoms with van der Waals surface area (Å²) < 4.78 is 7.48. The number of aromatic nitrogens is 2. The first-order valence-corrected chi connectivity index (χ1v) is 10.1. The molecule has 1 fully saturated rings. The van der Waals surface area contributed by atoms with Crippen molar-refractivity contribution in [1.29, 1.82) is 0 Å². The Labute approximate surface area is 161 Å². The summed E-state index contributed by atoms with van der Waals surface area (Å²) >= 11 is 7.72. The summed E-state index contributed by atoms with van der Waals surface area (Å²) in [5.41, 5.74) is 1.36. The van der Waals surface area contributed by atoms with Crippen molar-refractivity contribution in [2.45, 2.75) is 30.5 Å². The lowest BCUT2D eigenvalue weighted by Crippen LogP contribution is -2.24. The van der Waals surface area contributed by atoms with E-state index in [1.165, 1.54) is 6.42 Å². The van der Waals surface area contributed by atoms with E-state index < -0.39 is 0 Å². The molecule has 0 bridgehead atoms. The Kier molecular flexibility index (Phi) is 5.29. The molecule has 1 saturated heterocycles. The number of hydrogen-bond acceptors (Lipinski definition) is 4. The Balaban J connectivity index is 1.78. The van der Waals surface area contributed by atoms with Gasteiger partial charge in [0.2, 0.25) is 0 Å². The van der Waals surface area contributed by atoms with Crippen LogP contribution in [0, 0.1) is 0 Å². The van der Waals surface area contributed by atoms with Crippen LogP contribution in [0.4, 0.5) is 0 Å². The number of benzene rings is 2. The molecule has 26 heavy (non-hydrogen) atoms. The van der Waals surface area contributed by atoms with E-state index in [0.717, 1.165) is 30.9 Å². The molecule has 134 valence electrons. The Morgan fingerprint density at radius 2 is 2.08 bits per heavy atom. The summed E-state index contributed by atoms with van der Waals surface area (Å²) in [6.45, 7) is 0.817. The van der Waals surface area contributed by atoms with E-state index in [4.69, 9.17) is 21.3 Å². The molecule has 0 radical (unpaired) electrons. The fraction of sp³-hybridized carbons (Fsp3) is 0.300. The molecule has 3 aromatic rings. The van der Waals surface area contributed by atoms with Gasteiger partial charge in [-0.1, -0.05) is 41.6 Å². The molecule has 1 unspecified atom stereocenters. The van der Waals surface area contributed by atoms with Crippen LogP contribution in [0.2, 0.25) is 5.02 Å². The molecular weight excluding hydrogens is 368 g/mol. The summed E-state index contributed by atoms with van der Waals surface area (Å²) in [5.74, 6) is 0.783.